The second-order valence-corrected chi connectivity index (χ2v) is 7.56. The quantitative estimate of drug-likeness (QED) is 0.503. The molecular formula is C24H21N3O2. The van der Waals surface area contributed by atoms with Gasteiger partial charge in [0.25, 0.3) is 0 Å². The van der Waals surface area contributed by atoms with E-state index in [1.165, 1.54) is 18.9 Å². The number of pyridine rings is 1. The molecule has 144 valence electrons. The molecule has 0 spiro atoms. The van der Waals surface area contributed by atoms with Crippen LogP contribution in [-0.4, -0.2) is 25.7 Å². The van der Waals surface area contributed by atoms with Crippen molar-refractivity contribution in [3.8, 4) is 11.4 Å². The van der Waals surface area contributed by atoms with Gasteiger partial charge in [0, 0.05) is 23.1 Å². The van der Waals surface area contributed by atoms with Crippen molar-refractivity contribution in [2.75, 3.05) is 0 Å². The van der Waals surface area contributed by atoms with Crippen molar-refractivity contribution in [3.05, 3.63) is 83.7 Å². The first-order valence-corrected chi connectivity index (χ1v) is 9.99. The van der Waals surface area contributed by atoms with E-state index in [2.05, 4.69) is 4.98 Å². The van der Waals surface area contributed by atoms with Gasteiger partial charge in [-0.3, -0.25) is 4.79 Å². The smallest absolute Gasteiger partial charge is 0.198 e. The van der Waals surface area contributed by atoms with Crippen molar-refractivity contribution in [3.63, 3.8) is 0 Å². The van der Waals surface area contributed by atoms with Crippen molar-refractivity contribution < 1.29 is 9.90 Å². The van der Waals surface area contributed by atoms with Gasteiger partial charge in [-0.2, -0.15) is 5.10 Å². The predicted molar refractivity (Wildman–Crippen MR) is 112 cm³/mol. The van der Waals surface area contributed by atoms with Crippen LogP contribution < -0.4 is 0 Å². The zero-order valence-corrected chi connectivity index (χ0v) is 16.0. The Bertz CT molecular complexity index is 1190. The van der Waals surface area contributed by atoms with E-state index in [0.717, 1.165) is 35.3 Å². The number of aromatic hydroxyl groups is 1. The molecule has 0 aliphatic heterocycles. The molecule has 1 aliphatic rings. The molecule has 0 saturated heterocycles. The van der Waals surface area contributed by atoms with Gasteiger partial charge in [0.05, 0.1) is 16.9 Å². The Hall–Kier alpha value is -3.47. The Balaban J connectivity index is 1.67. The minimum atomic E-state index is -0.234. The molecule has 29 heavy (non-hydrogen) atoms. The lowest BCUT2D eigenvalue weighted by atomic mass is 9.99. The summed E-state index contributed by atoms with van der Waals surface area (Å²) in [5.41, 5.74) is 3.47. The van der Waals surface area contributed by atoms with Crippen LogP contribution in [0.3, 0.4) is 0 Å². The molecule has 5 nitrogen and oxygen atoms in total. The minimum Gasteiger partial charge on any atom is -0.507 e. The van der Waals surface area contributed by atoms with Crippen LogP contribution in [0.25, 0.3) is 16.7 Å². The van der Waals surface area contributed by atoms with Crippen LogP contribution in [0.1, 0.15) is 53.2 Å². The Morgan fingerprint density at radius 3 is 2.48 bits per heavy atom. The molecular weight excluding hydrogens is 362 g/mol. The molecule has 0 radical (unpaired) electrons. The van der Waals surface area contributed by atoms with Crippen LogP contribution in [0.15, 0.2) is 66.9 Å². The monoisotopic (exact) mass is 383 g/mol. The maximum absolute atomic E-state index is 13.0. The van der Waals surface area contributed by atoms with Crippen molar-refractivity contribution in [2.45, 2.75) is 31.6 Å². The van der Waals surface area contributed by atoms with Gasteiger partial charge in [-0.05, 0) is 43.2 Å². The third-order valence-electron chi connectivity index (χ3n) is 5.70. The average molecular weight is 383 g/mol. The highest BCUT2D eigenvalue weighted by Gasteiger charge is 2.25. The number of carbonyl (C=O) groups is 1. The third-order valence-corrected chi connectivity index (χ3v) is 5.70. The first-order valence-electron chi connectivity index (χ1n) is 9.99. The van der Waals surface area contributed by atoms with E-state index in [-0.39, 0.29) is 17.1 Å². The summed E-state index contributed by atoms with van der Waals surface area (Å²) in [7, 11) is 0. The van der Waals surface area contributed by atoms with Gasteiger partial charge >= 0.3 is 0 Å². The normalized spacial score (nSPS) is 14.5. The number of hydrogen-bond donors (Lipinski definition) is 1. The van der Waals surface area contributed by atoms with Gasteiger partial charge in [0.1, 0.15) is 5.75 Å². The van der Waals surface area contributed by atoms with Crippen LogP contribution in [0.4, 0.5) is 0 Å². The Kier molecular flexibility index (Phi) is 4.35. The van der Waals surface area contributed by atoms with Crippen LogP contribution in [0, 0.1) is 0 Å². The van der Waals surface area contributed by atoms with Crippen LogP contribution in [-0.2, 0) is 0 Å². The molecule has 4 aromatic rings. The van der Waals surface area contributed by atoms with Crippen molar-refractivity contribution in [1.29, 1.82) is 0 Å². The fourth-order valence-corrected chi connectivity index (χ4v) is 4.22. The molecule has 1 fully saturated rings. The van der Waals surface area contributed by atoms with Crippen LogP contribution >= 0.6 is 0 Å². The van der Waals surface area contributed by atoms with Crippen molar-refractivity contribution in [1.82, 2.24) is 14.8 Å². The molecule has 1 N–H and O–H groups in total. The highest BCUT2D eigenvalue weighted by Crippen LogP contribution is 2.37. The number of ketones is 1. The number of aromatic nitrogens is 3. The summed E-state index contributed by atoms with van der Waals surface area (Å²) in [6.07, 6.45) is 6.20. The fraction of sp³-hybridized carbons (Fsp3) is 0.208. The number of benzene rings is 2. The summed E-state index contributed by atoms with van der Waals surface area (Å²) in [5, 5.41) is 15.9. The maximum Gasteiger partial charge on any atom is 0.198 e. The van der Waals surface area contributed by atoms with E-state index in [1.54, 1.807) is 24.4 Å². The molecule has 2 aromatic heterocycles. The molecule has 0 atom stereocenters. The van der Waals surface area contributed by atoms with E-state index in [4.69, 9.17) is 5.10 Å². The SMILES string of the molecule is O=C(c1cnc2c(c1)c(C1CCCC1)nn2-c1ccccc1)c1ccccc1O. The Labute approximate surface area is 168 Å². The molecule has 2 aromatic carbocycles. The second kappa shape index (κ2) is 7.17. The Morgan fingerprint density at radius 2 is 1.72 bits per heavy atom. The third kappa shape index (κ3) is 3.09. The molecule has 0 amide bonds. The van der Waals surface area contributed by atoms with Crippen molar-refractivity contribution >= 4 is 16.8 Å². The van der Waals surface area contributed by atoms with Crippen LogP contribution in [0.5, 0.6) is 5.75 Å². The molecule has 0 bridgehead atoms. The van der Waals surface area contributed by atoms with Gasteiger partial charge in [0.15, 0.2) is 11.4 Å². The van der Waals surface area contributed by atoms with Gasteiger partial charge in [0.2, 0.25) is 0 Å². The highest BCUT2D eigenvalue weighted by atomic mass is 16.3. The zero-order valence-electron chi connectivity index (χ0n) is 16.0. The number of rotatable bonds is 4. The molecule has 5 heteroatoms. The lowest BCUT2D eigenvalue weighted by Crippen LogP contribution is -2.03. The van der Waals surface area contributed by atoms with Crippen molar-refractivity contribution in [2.24, 2.45) is 0 Å². The summed E-state index contributed by atoms with van der Waals surface area (Å²) in [6.45, 7) is 0. The average Bonchev–Trinajstić information content (AvgIpc) is 3.42. The number of phenols is 1. The van der Waals surface area contributed by atoms with Gasteiger partial charge in [-0.25, -0.2) is 9.67 Å². The Morgan fingerprint density at radius 1 is 1.00 bits per heavy atom. The van der Waals surface area contributed by atoms with E-state index < -0.39 is 0 Å². The highest BCUT2D eigenvalue weighted by molar-refractivity contribution is 6.11. The number of nitrogens with zero attached hydrogens (tertiary/aromatic N) is 3. The largest absolute Gasteiger partial charge is 0.507 e. The maximum atomic E-state index is 13.0. The molecule has 1 aliphatic carbocycles. The second-order valence-electron chi connectivity index (χ2n) is 7.56. The fourth-order valence-electron chi connectivity index (χ4n) is 4.22. The minimum absolute atomic E-state index is 0.0198. The summed E-state index contributed by atoms with van der Waals surface area (Å²) in [5.74, 6) is 0.135. The lowest BCUT2D eigenvalue weighted by molar-refractivity contribution is 0.103. The summed E-state index contributed by atoms with van der Waals surface area (Å²) in [4.78, 5) is 17.6. The summed E-state index contributed by atoms with van der Waals surface area (Å²) >= 11 is 0. The number of hydrogen-bond acceptors (Lipinski definition) is 4. The van der Waals surface area contributed by atoms with E-state index in [0.29, 0.717) is 11.5 Å². The summed E-state index contributed by atoms with van der Waals surface area (Å²) in [6, 6.07) is 18.4. The van der Waals surface area contributed by atoms with Gasteiger partial charge in [-0.1, -0.05) is 43.2 Å². The number of para-hydroxylation sites is 2. The van der Waals surface area contributed by atoms with Crippen LogP contribution in [0.2, 0.25) is 0 Å². The van der Waals surface area contributed by atoms with E-state index >= 15 is 0 Å². The van der Waals surface area contributed by atoms with E-state index in [9.17, 15) is 9.90 Å². The first-order chi connectivity index (χ1) is 14.2. The first kappa shape index (κ1) is 17.6. The number of carbonyl (C=O) groups excluding carboxylic acids is 1. The topological polar surface area (TPSA) is 68.0 Å². The standard InChI is InChI=1S/C24H21N3O2/c28-21-13-7-6-12-19(21)23(29)17-14-20-22(16-8-4-5-9-16)26-27(24(20)25-15-17)18-10-2-1-3-11-18/h1-3,6-7,10-16,28H,4-5,8-9H2. The number of fused-ring (bicyclic) bond motifs is 1. The van der Waals surface area contributed by atoms with E-state index in [1.807, 2.05) is 41.1 Å². The van der Waals surface area contributed by atoms with Gasteiger partial charge < -0.3 is 5.11 Å². The van der Waals surface area contributed by atoms with Gasteiger partial charge in [-0.15, -0.1) is 0 Å². The predicted octanol–water partition coefficient (Wildman–Crippen LogP) is 5.01. The molecule has 5 rings (SSSR count). The molecule has 2 heterocycles. The molecule has 1 saturated carbocycles. The zero-order chi connectivity index (χ0) is 19.8. The summed E-state index contributed by atoms with van der Waals surface area (Å²) < 4.78 is 1.87. The number of phenolic OH excluding ortho intramolecular Hbond substituents is 1. The molecule has 0 unspecified atom stereocenters. The lowest BCUT2D eigenvalue weighted by Gasteiger charge is -2.06.